The van der Waals surface area contributed by atoms with Gasteiger partial charge in [-0.1, -0.05) is 59.3 Å². The summed E-state index contributed by atoms with van der Waals surface area (Å²) in [6, 6.07) is 0. The van der Waals surface area contributed by atoms with Crippen molar-refractivity contribution in [1.82, 2.24) is 0 Å². The largest absolute Gasteiger partial charge is 1.00 e. The summed E-state index contributed by atoms with van der Waals surface area (Å²) in [5, 5.41) is 22.3. The van der Waals surface area contributed by atoms with E-state index in [0.29, 0.717) is 6.42 Å². The molecule has 0 saturated heterocycles. The fourth-order valence-electron chi connectivity index (χ4n) is 2.23. The maximum Gasteiger partial charge on any atom is 1.00 e. The van der Waals surface area contributed by atoms with Crippen molar-refractivity contribution >= 4 is 11.9 Å². The van der Waals surface area contributed by atoms with Crippen LogP contribution in [0.1, 0.15) is 65.7 Å². The predicted octanol–water partition coefficient (Wildman–Crippen LogP) is -5.11. The van der Waals surface area contributed by atoms with Crippen molar-refractivity contribution in [2.75, 3.05) is 0 Å². The van der Waals surface area contributed by atoms with Gasteiger partial charge in [0.05, 0.1) is 17.4 Å². The van der Waals surface area contributed by atoms with Crippen LogP contribution in [0.2, 0.25) is 0 Å². The normalized spacial score (nSPS) is 10.6. The van der Waals surface area contributed by atoms with Crippen molar-refractivity contribution in [1.29, 1.82) is 0 Å². The quantitative estimate of drug-likeness (QED) is 0.226. The van der Waals surface area contributed by atoms with E-state index in [2.05, 4.69) is 6.92 Å². The molecule has 6 heteroatoms. The Hall–Kier alpha value is 0.135. The van der Waals surface area contributed by atoms with E-state index < -0.39 is 23.3 Å². The molecule has 0 aromatic carbocycles. The monoisotopic (exact) mass is 270 g/mol. The van der Waals surface area contributed by atoms with Crippen LogP contribution >= 0.6 is 0 Å². The summed E-state index contributed by atoms with van der Waals surface area (Å²) < 4.78 is 0. The first-order valence-corrected chi connectivity index (χ1v) is 6.82. The van der Waals surface area contributed by atoms with E-state index in [-0.39, 0.29) is 44.1 Å². The summed E-state index contributed by atoms with van der Waals surface area (Å²) in [5.41, 5.74) is -1.84. The van der Waals surface area contributed by atoms with Gasteiger partial charge in [0.25, 0.3) is 0 Å². The van der Waals surface area contributed by atoms with Crippen LogP contribution in [0, 0.1) is 11.3 Å². The molecular formula is C14H24Li2O4. The van der Waals surface area contributed by atoms with Crippen LogP contribution < -0.4 is 47.9 Å². The first-order valence-electron chi connectivity index (χ1n) is 6.82. The minimum Gasteiger partial charge on any atom is -0.549 e. The van der Waals surface area contributed by atoms with Crippen LogP contribution in [-0.2, 0) is 9.59 Å². The van der Waals surface area contributed by atoms with Crippen LogP contribution in [0.5, 0.6) is 0 Å². The molecule has 0 aliphatic rings. The van der Waals surface area contributed by atoms with E-state index in [1.807, 2.05) is 0 Å². The summed E-state index contributed by atoms with van der Waals surface area (Å²) in [7, 11) is 0. The van der Waals surface area contributed by atoms with Crippen molar-refractivity contribution in [2.45, 2.75) is 65.7 Å². The Kier molecular flexibility index (Phi) is 16.1. The Bertz CT molecular complexity index is 266. The first-order chi connectivity index (χ1) is 8.39. The number of carboxylic acids is 2. The number of hydrogen-bond donors (Lipinski definition) is 0. The van der Waals surface area contributed by atoms with E-state index in [1.54, 1.807) is 13.8 Å². The van der Waals surface area contributed by atoms with Gasteiger partial charge in [-0.05, 0) is 12.3 Å². The molecule has 0 atom stereocenters. The predicted molar refractivity (Wildman–Crippen MR) is 65.3 cm³/mol. The van der Waals surface area contributed by atoms with Crippen molar-refractivity contribution in [2.24, 2.45) is 11.3 Å². The molecule has 0 aliphatic heterocycles. The molecule has 0 radical (unpaired) electrons. The van der Waals surface area contributed by atoms with Crippen molar-refractivity contribution in [3.8, 4) is 0 Å². The Morgan fingerprint density at radius 1 is 0.900 bits per heavy atom. The molecule has 0 N–H and O–H groups in total. The molecule has 0 spiro atoms. The molecule has 4 nitrogen and oxygen atoms in total. The number of aliphatic carboxylic acids is 2. The summed E-state index contributed by atoms with van der Waals surface area (Å²) in [5.74, 6) is -3.57. The summed E-state index contributed by atoms with van der Waals surface area (Å²) in [4.78, 5) is 22.3. The second-order valence-corrected chi connectivity index (χ2v) is 5.22. The van der Waals surface area contributed by atoms with Gasteiger partial charge in [0.15, 0.2) is 0 Å². The molecule has 0 saturated carbocycles. The summed E-state index contributed by atoms with van der Waals surface area (Å²) in [6.07, 6.45) is 5.98. The van der Waals surface area contributed by atoms with Crippen LogP contribution in [0.25, 0.3) is 0 Å². The van der Waals surface area contributed by atoms with E-state index in [1.165, 1.54) is 0 Å². The molecule has 0 aromatic heterocycles. The van der Waals surface area contributed by atoms with Crippen molar-refractivity contribution in [3.63, 3.8) is 0 Å². The van der Waals surface area contributed by atoms with Gasteiger partial charge >= 0.3 is 37.7 Å². The topological polar surface area (TPSA) is 80.3 Å². The molecule has 20 heavy (non-hydrogen) atoms. The van der Waals surface area contributed by atoms with Gasteiger partial charge in [-0.25, -0.2) is 0 Å². The van der Waals surface area contributed by atoms with E-state index in [4.69, 9.17) is 0 Å². The molecule has 0 fully saturated rings. The maximum absolute atomic E-state index is 11.1. The third kappa shape index (κ3) is 7.23. The van der Waals surface area contributed by atoms with Gasteiger partial charge in [-0.2, -0.15) is 0 Å². The van der Waals surface area contributed by atoms with Crippen LogP contribution in [0.4, 0.5) is 0 Å². The summed E-state index contributed by atoms with van der Waals surface area (Å²) >= 11 is 0. The smallest absolute Gasteiger partial charge is 0.549 e. The van der Waals surface area contributed by atoms with Gasteiger partial charge in [-0.15, -0.1) is 0 Å². The number of unbranched alkanes of at least 4 members (excludes halogenated alkanes) is 5. The van der Waals surface area contributed by atoms with Crippen LogP contribution in [0.3, 0.4) is 0 Å². The second kappa shape index (κ2) is 12.8. The SMILES string of the molecule is CCCCCCCCC(C(=O)[O-])(C(=O)[O-])C(C)C.[Li+].[Li+]. The molecule has 0 bridgehead atoms. The van der Waals surface area contributed by atoms with Crippen LogP contribution in [0.15, 0.2) is 0 Å². The molecule has 0 unspecified atom stereocenters. The second-order valence-electron chi connectivity index (χ2n) is 5.22. The number of carbonyl (C=O) groups is 2. The first kappa shape index (κ1) is 25.1. The average Bonchev–Trinajstić information content (AvgIpc) is 2.26. The number of rotatable bonds is 10. The minimum atomic E-state index is -1.84. The van der Waals surface area contributed by atoms with Gasteiger partial charge in [0, 0.05) is 0 Å². The molecule has 106 valence electrons. The average molecular weight is 270 g/mol. The Morgan fingerprint density at radius 3 is 1.65 bits per heavy atom. The fraction of sp³-hybridized carbons (Fsp3) is 0.857. The van der Waals surface area contributed by atoms with Gasteiger partial charge in [-0.3, -0.25) is 0 Å². The molecule has 0 rings (SSSR count). The maximum atomic E-state index is 11.1. The summed E-state index contributed by atoms with van der Waals surface area (Å²) in [6.45, 7) is 5.29. The van der Waals surface area contributed by atoms with E-state index in [0.717, 1.165) is 32.1 Å². The van der Waals surface area contributed by atoms with Crippen molar-refractivity contribution < 1.29 is 57.5 Å². The third-order valence-electron chi connectivity index (χ3n) is 3.64. The van der Waals surface area contributed by atoms with Crippen molar-refractivity contribution in [3.05, 3.63) is 0 Å². The Labute approximate surface area is 146 Å². The van der Waals surface area contributed by atoms with Crippen LogP contribution in [-0.4, -0.2) is 11.9 Å². The minimum absolute atomic E-state index is 0. The molecule has 0 heterocycles. The zero-order chi connectivity index (χ0) is 14.2. The van der Waals surface area contributed by atoms with E-state index >= 15 is 0 Å². The van der Waals surface area contributed by atoms with Gasteiger partial charge < -0.3 is 19.8 Å². The molecule has 0 aliphatic carbocycles. The fourth-order valence-corrected chi connectivity index (χ4v) is 2.23. The number of hydrogen-bond acceptors (Lipinski definition) is 4. The zero-order valence-corrected chi connectivity index (χ0v) is 13.7. The molecular weight excluding hydrogens is 246 g/mol. The standard InChI is InChI=1S/C14H26O4.2Li/c1-4-5-6-7-8-9-10-14(11(2)3,12(15)16)13(17)18;;/h11H,4-10H2,1-3H3,(H,15,16)(H,17,18);;/q;2*+1/p-2. The van der Waals surface area contributed by atoms with Gasteiger partial charge in [0.1, 0.15) is 0 Å². The third-order valence-corrected chi connectivity index (χ3v) is 3.64. The van der Waals surface area contributed by atoms with Gasteiger partial charge in [0.2, 0.25) is 0 Å². The number of carboxylic acid groups (broad SMARTS) is 2. The number of carbonyl (C=O) groups excluding carboxylic acids is 2. The zero-order valence-electron chi connectivity index (χ0n) is 13.7. The van der Waals surface area contributed by atoms with E-state index in [9.17, 15) is 19.8 Å². The molecule has 0 aromatic rings. The Morgan fingerprint density at radius 2 is 1.30 bits per heavy atom. The molecule has 0 amide bonds. The Balaban J connectivity index is -0.00000144.